The number of nitrogens with one attached hydrogen (secondary N) is 4. The molecule has 1 heterocycles. The molecule has 9 nitrogen and oxygen atoms in total. The smallest absolute Gasteiger partial charge is 0.417 e. The van der Waals surface area contributed by atoms with Crippen LogP contribution < -0.4 is 26.2 Å². The van der Waals surface area contributed by atoms with Crippen LogP contribution in [0, 0.1) is 5.82 Å². The van der Waals surface area contributed by atoms with Crippen LogP contribution >= 0.6 is 11.6 Å². The minimum atomic E-state index is -4.68. The quantitative estimate of drug-likeness (QED) is 0.154. The van der Waals surface area contributed by atoms with E-state index in [1.807, 2.05) is 0 Å². The van der Waals surface area contributed by atoms with Gasteiger partial charge in [0.05, 0.1) is 10.6 Å². The molecule has 0 bridgehead atoms. The molecule has 0 fully saturated rings. The van der Waals surface area contributed by atoms with Gasteiger partial charge in [0, 0.05) is 29.2 Å². The standard InChI is InChI=1S/C27H18ClF4N5O4/c28-22-9-6-18(13-21(22)27(30,31)32)35-26(40)34-17-4-7-19(8-5-17)41-20-10-11-33-23(14-20)25(39)37-36-24(38)15-2-1-3-16(29)12-15/h1-14H,(H,36,38)(H,37,39)(H2,34,35,40). The number of anilines is 2. The molecular weight excluding hydrogens is 570 g/mol. The molecule has 14 heteroatoms. The second-order valence-electron chi connectivity index (χ2n) is 8.19. The van der Waals surface area contributed by atoms with E-state index in [1.165, 1.54) is 66.9 Å². The lowest BCUT2D eigenvalue weighted by atomic mass is 10.2. The number of carbonyl (C=O) groups excluding carboxylic acids is 3. The Morgan fingerprint density at radius 3 is 2.17 bits per heavy atom. The van der Waals surface area contributed by atoms with Crippen molar-refractivity contribution in [1.29, 1.82) is 0 Å². The van der Waals surface area contributed by atoms with E-state index >= 15 is 0 Å². The Morgan fingerprint density at radius 2 is 1.46 bits per heavy atom. The van der Waals surface area contributed by atoms with Crippen molar-refractivity contribution in [2.24, 2.45) is 0 Å². The second-order valence-corrected chi connectivity index (χ2v) is 8.60. The minimum Gasteiger partial charge on any atom is -0.457 e. The van der Waals surface area contributed by atoms with Crippen molar-refractivity contribution >= 4 is 40.8 Å². The van der Waals surface area contributed by atoms with Gasteiger partial charge >= 0.3 is 12.2 Å². The highest BCUT2D eigenvalue weighted by Crippen LogP contribution is 2.36. The van der Waals surface area contributed by atoms with Crippen molar-refractivity contribution in [2.75, 3.05) is 10.6 Å². The molecule has 0 unspecified atom stereocenters. The van der Waals surface area contributed by atoms with Crippen molar-refractivity contribution in [3.05, 3.63) is 113 Å². The average Bonchev–Trinajstić information content (AvgIpc) is 2.93. The first-order chi connectivity index (χ1) is 19.5. The van der Waals surface area contributed by atoms with Crippen molar-refractivity contribution < 1.29 is 36.7 Å². The number of amides is 4. The van der Waals surface area contributed by atoms with Crippen molar-refractivity contribution in [2.45, 2.75) is 6.18 Å². The summed E-state index contributed by atoms with van der Waals surface area (Å²) >= 11 is 5.59. The van der Waals surface area contributed by atoms with Gasteiger partial charge in [0.2, 0.25) is 0 Å². The molecule has 4 aromatic rings. The molecule has 4 amide bonds. The maximum atomic E-state index is 13.3. The van der Waals surface area contributed by atoms with Gasteiger partial charge in [-0.25, -0.2) is 9.18 Å². The number of hydrogen-bond donors (Lipinski definition) is 4. The molecule has 0 radical (unpaired) electrons. The summed E-state index contributed by atoms with van der Waals surface area (Å²) in [7, 11) is 0. The summed E-state index contributed by atoms with van der Waals surface area (Å²) in [6, 6.07) is 15.8. The fourth-order valence-corrected chi connectivity index (χ4v) is 3.56. The van der Waals surface area contributed by atoms with Gasteiger partial charge in [-0.3, -0.25) is 25.4 Å². The maximum Gasteiger partial charge on any atom is 0.417 e. The Morgan fingerprint density at radius 1 is 0.780 bits per heavy atom. The first-order valence-corrected chi connectivity index (χ1v) is 11.9. The SMILES string of the molecule is O=C(Nc1ccc(Oc2ccnc(C(=O)NNC(=O)c3cccc(F)c3)c2)cc1)Nc1ccc(Cl)c(C(F)(F)F)c1. The van der Waals surface area contributed by atoms with E-state index in [4.69, 9.17) is 16.3 Å². The Kier molecular flexibility index (Phi) is 8.68. The van der Waals surface area contributed by atoms with Gasteiger partial charge in [-0.2, -0.15) is 13.2 Å². The monoisotopic (exact) mass is 587 g/mol. The van der Waals surface area contributed by atoms with E-state index in [1.54, 1.807) is 0 Å². The molecule has 0 aliphatic carbocycles. The molecule has 0 saturated heterocycles. The summed E-state index contributed by atoms with van der Waals surface area (Å²) < 4.78 is 58.1. The zero-order valence-electron chi connectivity index (χ0n) is 20.6. The minimum absolute atomic E-state index is 0.00586. The van der Waals surface area contributed by atoms with Crippen LogP contribution in [0.1, 0.15) is 26.4 Å². The third-order valence-electron chi connectivity index (χ3n) is 5.22. The maximum absolute atomic E-state index is 13.3. The number of pyridine rings is 1. The Labute approximate surface area is 234 Å². The average molecular weight is 588 g/mol. The summed E-state index contributed by atoms with van der Waals surface area (Å²) in [5.41, 5.74) is 3.38. The number of carbonyl (C=O) groups is 3. The Bertz CT molecular complexity index is 1600. The fraction of sp³-hybridized carbons (Fsp3) is 0.0370. The van der Waals surface area contributed by atoms with Gasteiger partial charge in [0.25, 0.3) is 11.8 Å². The summed E-state index contributed by atoms with van der Waals surface area (Å²) in [6.07, 6.45) is -3.37. The lowest BCUT2D eigenvalue weighted by Crippen LogP contribution is -2.41. The van der Waals surface area contributed by atoms with Gasteiger partial charge in [-0.05, 0) is 66.7 Å². The number of ether oxygens (including phenoxy) is 1. The van der Waals surface area contributed by atoms with Crippen LogP contribution in [0.15, 0.2) is 85.1 Å². The number of urea groups is 1. The highest BCUT2D eigenvalue weighted by atomic mass is 35.5. The predicted molar refractivity (Wildman–Crippen MR) is 141 cm³/mol. The molecular formula is C27H18ClF4N5O4. The number of hydrazine groups is 1. The largest absolute Gasteiger partial charge is 0.457 e. The Hall–Kier alpha value is -5.17. The van der Waals surface area contributed by atoms with Gasteiger partial charge in [-0.1, -0.05) is 17.7 Å². The van der Waals surface area contributed by atoms with Crippen molar-refractivity contribution in [3.63, 3.8) is 0 Å². The van der Waals surface area contributed by atoms with Gasteiger partial charge < -0.3 is 15.4 Å². The molecule has 0 aliphatic rings. The molecule has 210 valence electrons. The topological polar surface area (TPSA) is 121 Å². The lowest BCUT2D eigenvalue weighted by molar-refractivity contribution is -0.137. The molecule has 0 spiro atoms. The number of rotatable bonds is 6. The zero-order valence-corrected chi connectivity index (χ0v) is 21.3. The van der Waals surface area contributed by atoms with Crippen LogP contribution in [0.3, 0.4) is 0 Å². The van der Waals surface area contributed by atoms with E-state index in [0.717, 1.165) is 18.2 Å². The van der Waals surface area contributed by atoms with Crippen LogP contribution in [0.25, 0.3) is 0 Å². The second kappa shape index (κ2) is 12.3. The number of alkyl halides is 3. The molecule has 0 aliphatic heterocycles. The van der Waals surface area contributed by atoms with E-state index in [9.17, 15) is 31.9 Å². The van der Waals surface area contributed by atoms with Crippen LogP contribution in [0.2, 0.25) is 5.02 Å². The van der Waals surface area contributed by atoms with Gasteiger partial charge in [-0.15, -0.1) is 0 Å². The van der Waals surface area contributed by atoms with Crippen LogP contribution in [0.5, 0.6) is 11.5 Å². The van der Waals surface area contributed by atoms with Crippen molar-refractivity contribution in [3.8, 4) is 11.5 Å². The number of aromatic nitrogens is 1. The van der Waals surface area contributed by atoms with Crippen molar-refractivity contribution in [1.82, 2.24) is 15.8 Å². The Balaban J connectivity index is 1.32. The fourth-order valence-electron chi connectivity index (χ4n) is 3.33. The predicted octanol–water partition coefficient (Wildman–Crippen LogP) is 6.40. The van der Waals surface area contributed by atoms with Crippen LogP contribution in [0.4, 0.5) is 33.7 Å². The summed E-state index contributed by atoms with van der Waals surface area (Å²) in [5.74, 6) is -1.55. The highest BCUT2D eigenvalue weighted by molar-refractivity contribution is 6.31. The summed E-state index contributed by atoms with van der Waals surface area (Å²) in [4.78, 5) is 40.6. The number of halogens is 5. The number of hydrogen-bond acceptors (Lipinski definition) is 5. The third-order valence-corrected chi connectivity index (χ3v) is 5.55. The molecule has 0 atom stereocenters. The molecule has 1 aromatic heterocycles. The highest BCUT2D eigenvalue weighted by Gasteiger charge is 2.33. The lowest BCUT2D eigenvalue weighted by Gasteiger charge is -2.13. The first kappa shape index (κ1) is 28.8. The molecule has 3 aromatic carbocycles. The van der Waals surface area contributed by atoms with E-state index in [0.29, 0.717) is 11.4 Å². The zero-order chi connectivity index (χ0) is 29.6. The number of nitrogens with zero attached hydrogens (tertiary/aromatic N) is 1. The van der Waals surface area contributed by atoms with Crippen LogP contribution in [-0.4, -0.2) is 22.8 Å². The molecule has 41 heavy (non-hydrogen) atoms. The summed E-state index contributed by atoms with van der Waals surface area (Å²) in [6.45, 7) is 0. The molecule has 0 saturated carbocycles. The molecule has 4 N–H and O–H groups in total. The normalized spacial score (nSPS) is 10.9. The molecule has 4 rings (SSSR count). The third kappa shape index (κ3) is 7.92. The van der Waals surface area contributed by atoms with E-state index in [2.05, 4.69) is 26.5 Å². The number of benzene rings is 3. The first-order valence-electron chi connectivity index (χ1n) is 11.5. The van der Waals surface area contributed by atoms with Gasteiger partial charge in [0.1, 0.15) is 23.0 Å². The summed E-state index contributed by atoms with van der Waals surface area (Å²) in [5, 5.41) is 4.29. The van der Waals surface area contributed by atoms with E-state index < -0.39 is 40.4 Å². The van der Waals surface area contributed by atoms with E-state index in [-0.39, 0.29) is 22.7 Å². The van der Waals surface area contributed by atoms with Gasteiger partial charge in [0.15, 0.2) is 0 Å². The van der Waals surface area contributed by atoms with Crippen LogP contribution in [-0.2, 0) is 6.18 Å².